The number of aryl methyl sites for hydroxylation is 1. The molecule has 4 aliphatic rings. The number of hydrogen-bond donors (Lipinski definition) is 0. The third kappa shape index (κ3) is 9.92. The van der Waals surface area contributed by atoms with E-state index >= 15 is 0 Å². The molecule has 266 valence electrons. The molecule has 47 heavy (non-hydrogen) atoms. The van der Waals surface area contributed by atoms with E-state index in [0.717, 1.165) is 42.1 Å². The molecule has 8 atom stereocenters. The van der Waals surface area contributed by atoms with Gasteiger partial charge in [0.05, 0.1) is 6.10 Å². The van der Waals surface area contributed by atoms with Gasteiger partial charge in [0.15, 0.2) is 0 Å². The molecule has 2 heteroatoms. The van der Waals surface area contributed by atoms with Gasteiger partial charge >= 0.3 is 0 Å². The van der Waals surface area contributed by atoms with E-state index < -0.39 is 0 Å². The summed E-state index contributed by atoms with van der Waals surface area (Å²) in [7, 11) is 0. The average Bonchev–Trinajstić information content (AvgIpc) is 3.40. The van der Waals surface area contributed by atoms with Gasteiger partial charge in [-0.25, -0.2) is 0 Å². The predicted molar refractivity (Wildman–Crippen MR) is 212 cm³/mol. The summed E-state index contributed by atoms with van der Waals surface area (Å²) in [4.78, 5) is 0. The average molecular weight is 757 g/mol. The van der Waals surface area contributed by atoms with E-state index in [1.807, 2.05) is 0 Å². The maximum absolute atomic E-state index is 6.57. The van der Waals surface area contributed by atoms with Crippen molar-refractivity contribution in [3.63, 3.8) is 0 Å². The molecule has 4 aliphatic carbocycles. The zero-order valence-corrected chi connectivity index (χ0v) is 33.6. The Hall–Kier alpha value is -0.350. The van der Waals surface area contributed by atoms with Crippen molar-refractivity contribution in [2.24, 2.45) is 46.3 Å². The van der Waals surface area contributed by atoms with Gasteiger partial charge in [-0.3, -0.25) is 0 Å². The Balaban J connectivity index is 0.941. The van der Waals surface area contributed by atoms with Crippen LogP contribution >= 0.6 is 22.6 Å². The molecule has 0 saturated heterocycles. The molecular weight excluding hydrogens is 683 g/mol. The second-order valence-electron chi connectivity index (χ2n) is 17.9. The highest BCUT2D eigenvalue weighted by Gasteiger charge is 2.59. The Morgan fingerprint density at radius 2 is 1.51 bits per heavy atom. The number of hydrogen-bond acceptors (Lipinski definition) is 1. The number of ether oxygens (including phenoxy) is 1. The fourth-order valence-corrected chi connectivity index (χ4v) is 12.2. The van der Waals surface area contributed by atoms with Gasteiger partial charge in [0.25, 0.3) is 0 Å². The summed E-state index contributed by atoms with van der Waals surface area (Å²) in [5.41, 5.74) is 4.35. The van der Waals surface area contributed by atoms with Gasteiger partial charge in [-0.05, 0) is 157 Å². The van der Waals surface area contributed by atoms with Crippen LogP contribution in [-0.4, -0.2) is 12.7 Å². The van der Waals surface area contributed by atoms with E-state index in [4.69, 9.17) is 4.74 Å². The maximum atomic E-state index is 6.57. The summed E-state index contributed by atoms with van der Waals surface area (Å²) in [6.45, 7) is 13.8. The van der Waals surface area contributed by atoms with Gasteiger partial charge in [-0.15, -0.1) is 0 Å². The molecule has 1 aromatic carbocycles. The largest absolute Gasteiger partial charge is 0.378 e. The molecule has 3 fully saturated rings. The van der Waals surface area contributed by atoms with Crippen molar-refractivity contribution in [1.29, 1.82) is 0 Å². The van der Waals surface area contributed by atoms with E-state index in [-0.39, 0.29) is 0 Å². The molecule has 0 heterocycles. The Morgan fingerprint density at radius 1 is 0.787 bits per heavy atom. The van der Waals surface area contributed by atoms with Crippen LogP contribution in [0.1, 0.15) is 175 Å². The number of benzene rings is 1. The first-order chi connectivity index (χ1) is 22.7. The molecule has 0 radical (unpaired) electrons. The van der Waals surface area contributed by atoms with E-state index in [1.165, 1.54) is 150 Å². The minimum atomic E-state index is 0.450. The first-order valence-electron chi connectivity index (χ1n) is 20.8. The van der Waals surface area contributed by atoms with E-state index in [0.29, 0.717) is 16.9 Å². The lowest BCUT2D eigenvalue weighted by molar-refractivity contribution is -0.0641. The minimum absolute atomic E-state index is 0.450. The molecule has 0 aliphatic heterocycles. The number of halogens is 1. The molecule has 1 unspecified atom stereocenters. The molecule has 0 spiro atoms. The van der Waals surface area contributed by atoms with Crippen molar-refractivity contribution in [2.75, 3.05) is 6.61 Å². The summed E-state index contributed by atoms with van der Waals surface area (Å²) >= 11 is 2.42. The minimum Gasteiger partial charge on any atom is -0.378 e. The zero-order chi connectivity index (χ0) is 33.3. The summed E-state index contributed by atoms with van der Waals surface area (Å²) in [6.07, 6.45) is 33.9. The van der Waals surface area contributed by atoms with E-state index in [9.17, 15) is 0 Å². The Kier molecular flexibility index (Phi) is 14.7. The van der Waals surface area contributed by atoms with Crippen molar-refractivity contribution in [1.82, 2.24) is 0 Å². The third-order valence-corrected chi connectivity index (χ3v) is 15.0. The molecule has 5 rings (SSSR count). The molecule has 0 N–H and O–H groups in total. The van der Waals surface area contributed by atoms with Gasteiger partial charge in [0.2, 0.25) is 0 Å². The lowest BCUT2D eigenvalue weighted by Crippen LogP contribution is -2.51. The summed E-state index contributed by atoms with van der Waals surface area (Å²) < 4.78 is 7.93. The molecule has 0 bridgehead atoms. The molecule has 1 aromatic rings. The third-order valence-electron chi connectivity index (χ3n) is 14.4. The highest BCUT2D eigenvalue weighted by atomic mass is 127. The topological polar surface area (TPSA) is 9.23 Å². The standard InChI is InChI=1S/C45H73IO/c1-34(2)18-16-19-35(3)41-25-26-42-40-24-23-37-33-39(27-29-44(37,4)43(40)28-30-45(41,42)5)47-31-15-13-11-9-7-6-8-10-12-14-20-36-21-17-22-38(46)32-36/h17,21-23,32,34-35,39-43H,6-16,18-20,24-31,33H2,1-5H3/t35-,39?,40+,41-,42+,43+,44+,45-/m1/s1. The summed E-state index contributed by atoms with van der Waals surface area (Å²) in [5.74, 6) is 5.57. The van der Waals surface area contributed by atoms with Crippen LogP contribution in [-0.2, 0) is 11.2 Å². The number of unbranched alkanes of at least 4 members (excludes halogenated alkanes) is 9. The summed E-state index contributed by atoms with van der Waals surface area (Å²) in [6, 6.07) is 9.00. The van der Waals surface area contributed by atoms with Crippen molar-refractivity contribution in [2.45, 2.75) is 182 Å². The van der Waals surface area contributed by atoms with Gasteiger partial charge < -0.3 is 4.74 Å². The first-order valence-corrected chi connectivity index (χ1v) is 21.8. The smallest absolute Gasteiger partial charge is 0.0612 e. The van der Waals surface area contributed by atoms with Gasteiger partial charge in [-0.2, -0.15) is 0 Å². The molecular formula is C45H73IO. The highest BCUT2D eigenvalue weighted by Crippen LogP contribution is 2.67. The molecule has 0 amide bonds. The lowest BCUT2D eigenvalue weighted by atomic mass is 9.47. The van der Waals surface area contributed by atoms with Crippen LogP contribution in [0.3, 0.4) is 0 Å². The molecule has 3 saturated carbocycles. The lowest BCUT2D eigenvalue weighted by Gasteiger charge is -2.58. The van der Waals surface area contributed by atoms with Crippen LogP contribution in [0, 0.1) is 49.9 Å². The monoisotopic (exact) mass is 756 g/mol. The van der Waals surface area contributed by atoms with Crippen LogP contribution in [0.15, 0.2) is 35.9 Å². The van der Waals surface area contributed by atoms with Crippen LogP contribution in [0.2, 0.25) is 0 Å². The number of allylic oxidation sites excluding steroid dienone is 1. The fraction of sp³-hybridized carbons (Fsp3) is 0.822. The molecule has 1 nitrogen and oxygen atoms in total. The Labute approximate surface area is 305 Å². The second kappa shape index (κ2) is 18.2. The second-order valence-corrected chi connectivity index (χ2v) is 19.2. The predicted octanol–water partition coefficient (Wildman–Crippen LogP) is 14.2. The van der Waals surface area contributed by atoms with Crippen molar-refractivity contribution >= 4 is 22.6 Å². The van der Waals surface area contributed by atoms with Crippen molar-refractivity contribution in [3.05, 3.63) is 45.0 Å². The van der Waals surface area contributed by atoms with E-state index in [2.05, 4.69) is 87.6 Å². The van der Waals surface area contributed by atoms with Gasteiger partial charge in [0.1, 0.15) is 0 Å². The van der Waals surface area contributed by atoms with Gasteiger partial charge in [-0.1, -0.05) is 129 Å². The first kappa shape index (κ1) is 37.9. The number of rotatable bonds is 19. The Bertz CT molecular complexity index is 1110. The number of fused-ring (bicyclic) bond motifs is 5. The Morgan fingerprint density at radius 3 is 2.23 bits per heavy atom. The van der Waals surface area contributed by atoms with Gasteiger partial charge in [0, 0.05) is 10.2 Å². The molecule has 0 aromatic heterocycles. The van der Waals surface area contributed by atoms with Crippen molar-refractivity contribution < 1.29 is 4.74 Å². The zero-order valence-electron chi connectivity index (χ0n) is 31.5. The highest BCUT2D eigenvalue weighted by molar-refractivity contribution is 14.1. The van der Waals surface area contributed by atoms with Crippen LogP contribution < -0.4 is 0 Å². The van der Waals surface area contributed by atoms with E-state index in [1.54, 1.807) is 5.57 Å². The quantitative estimate of drug-likeness (QED) is 0.0776. The normalized spacial score (nSPS) is 32.5. The van der Waals surface area contributed by atoms with Crippen molar-refractivity contribution in [3.8, 4) is 0 Å². The fourth-order valence-electron chi connectivity index (χ4n) is 11.6. The van der Waals surface area contributed by atoms with Crippen LogP contribution in [0.4, 0.5) is 0 Å². The SMILES string of the molecule is CC(C)CCC[C@@H](C)[C@H]1CC[C@H]2[C@@H]3CC=C4CC(OCCCCCCCCCCCCc5cccc(I)c5)CC[C@]4(C)[C@H]3CC[C@]12C. The van der Waals surface area contributed by atoms with Crippen LogP contribution in [0.25, 0.3) is 0 Å². The van der Waals surface area contributed by atoms with Crippen LogP contribution in [0.5, 0.6) is 0 Å². The summed E-state index contributed by atoms with van der Waals surface area (Å²) in [5, 5.41) is 0. The maximum Gasteiger partial charge on any atom is 0.0612 e.